The maximum Gasteiger partial charge on any atom is 0.243 e. The van der Waals surface area contributed by atoms with Gasteiger partial charge in [0.05, 0.1) is 19.1 Å². The van der Waals surface area contributed by atoms with Crippen LogP contribution in [0.5, 0.6) is 5.75 Å². The first-order valence-corrected chi connectivity index (χ1v) is 10.8. The predicted molar refractivity (Wildman–Crippen MR) is 108 cm³/mol. The van der Waals surface area contributed by atoms with Crippen LogP contribution in [0.25, 0.3) is 0 Å². The molecule has 2 rings (SSSR count). The molecular formula is C20H25FN2O4S. The lowest BCUT2D eigenvalue weighted by molar-refractivity contribution is -0.122. The van der Waals surface area contributed by atoms with E-state index in [1.165, 1.54) is 24.3 Å². The van der Waals surface area contributed by atoms with Gasteiger partial charge in [-0.2, -0.15) is 0 Å². The van der Waals surface area contributed by atoms with Crippen molar-refractivity contribution in [1.29, 1.82) is 0 Å². The van der Waals surface area contributed by atoms with Gasteiger partial charge in [-0.05, 0) is 54.8 Å². The summed E-state index contributed by atoms with van der Waals surface area (Å²) in [5.41, 5.74) is 1.27. The van der Waals surface area contributed by atoms with Gasteiger partial charge in [-0.3, -0.25) is 9.10 Å². The molecule has 0 heterocycles. The third-order valence-electron chi connectivity index (χ3n) is 4.28. The lowest BCUT2D eigenvalue weighted by Gasteiger charge is -2.30. The normalized spacial score (nSPS) is 12.3. The molecule has 28 heavy (non-hydrogen) atoms. The number of nitrogens with one attached hydrogen (secondary N) is 1. The van der Waals surface area contributed by atoms with Crippen molar-refractivity contribution in [3.8, 4) is 5.75 Å². The Bertz CT molecular complexity index is 883. The molecule has 8 heteroatoms. The Morgan fingerprint density at radius 3 is 2.25 bits per heavy atom. The fourth-order valence-corrected chi connectivity index (χ4v) is 4.10. The van der Waals surface area contributed by atoms with Gasteiger partial charge in [0, 0.05) is 6.54 Å². The summed E-state index contributed by atoms with van der Waals surface area (Å²) < 4.78 is 44.0. The topological polar surface area (TPSA) is 75.7 Å². The number of ether oxygens (including phenoxy) is 1. The Kier molecular flexibility index (Phi) is 7.39. The SMILES string of the molecule is CC[C@H](C(=O)NCCc1ccc(OC)cc1)N(c1ccc(F)cc1)S(C)(=O)=O. The van der Waals surface area contributed by atoms with Gasteiger partial charge in [0.1, 0.15) is 17.6 Å². The predicted octanol–water partition coefficient (Wildman–Crippen LogP) is 2.74. The van der Waals surface area contributed by atoms with Crippen molar-refractivity contribution >= 4 is 21.6 Å². The van der Waals surface area contributed by atoms with Gasteiger partial charge in [-0.1, -0.05) is 19.1 Å². The van der Waals surface area contributed by atoms with Crippen LogP contribution in [-0.4, -0.2) is 40.3 Å². The molecule has 6 nitrogen and oxygen atoms in total. The van der Waals surface area contributed by atoms with E-state index in [-0.39, 0.29) is 12.1 Å². The van der Waals surface area contributed by atoms with Gasteiger partial charge in [0.25, 0.3) is 0 Å². The molecule has 0 bridgehead atoms. The minimum Gasteiger partial charge on any atom is -0.497 e. The third-order valence-corrected chi connectivity index (χ3v) is 5.46. The van der Waals surface area contributed by atoms with Crippen LogP contribution in [-0.2, 0) is 21.2 Å². The number of amides is 1. The van der Waals surface area contributed by atoms with E-state index in [0.717, 1.165) is 21.9 Å². The number of hydrogen-bond donors (Lipinski definition) is 1. The summed E-state index contributed by atoms with van der Waals surface area (Å²) in [4.78, 5) is 12.7. The van der Waals surface area contributed by atoms with Crippen molar-refractivity contribution < 1.29 is 22.3 Å². The van der Waals surface area contributed by atoms with Crippen molar-refractivity contribution in [2.24, 2.45) is 0 Å². The maximum atomic E-state index is 13.2. The van der Waals surface area contributed by atoms with Crippen LogP contribution in [0.3, 0.4) is 0 Å². The number of nitrogens with zero attached hydrogens (tertiary/aromatic N) is 1. The zero-order valence-electron chi connectivity index (χ0n) is 16.2. The van der Waals surface area contributed by atoms with E-state index in [0.29, 0.717) is 13.0 Å². The number of sulfonamides is 1. The van der Waals surface area contributed by atoms with Crippen LogP contribution in [0.4, 0.5) is 10.1 Å². The van der Waals surface area contributed by atoms with Crippen LogP contribution in [0.15, 0.2) is 48.5 Å². The van der Waals surface area contributed by atoms with Crippen LogP contribution in [0.2, 0.25) is 0 Å². The summed E-state index contributed by atoms with van der Waals surface area (Å²) in [6.45, 7) is 2.10. The molecule has 152 valence electrons. The Morgan fingerprint density at radius 2 is 1.75 bits per heavy atom. The van der Waals surface area contributed by atoms with Gasteiger partial charge in [0.2, 0.25) is 15.9 Å². The Hall–Kier alpha value is -2.61. The Balaban J connectivity index is 2.09. The molecule has 0 unspecified atom stereocenters. The number of benzene rings is 2. The van der Waals surface area contributed by atoms with E-state index in [1.54, 1.807) is 14.0 Å². The Labute approximate surface area is 165 Å². The molecule has 0 aliphatic rings. The van der Waals surface area contributed by atoms with E-state index in [1.807, 2.05) is 24.3 Å². The fraction of sp³-hybridized carbons (Fsp3) is 0.350. The first-order valence-electron chi connectivity index (χ1n) is 8.92. The standard InChI is InChI=1S/C20H25FN2O4S/c1-4-19(23(28(3,25)26)17-9-7-16(21)8-10-17)20(24)22-14-13-15-5-11-18(27-2)12-6-15/h5-12,19H,4,13-14H2,1-3H3,(H,22,24)/t19-/m1/s1. The molecule has 1 N–H and O–H groups in total. The van der Waals surface area contributed by atoms with Crippen LogP contribution in [0, 0.1) is 5.82 Å². The van der Waals surface area contributed by atoms with E-state index in [2.05, 4.69) is 5.32 Å². The third kappa shape index (κ3) is 5.69. The molecule has 1 amide bonds. The molecule has 0 radical (unpaired) electrons. The first kappa shape index (κ1) is 21.7. The van der Waals surface area contributed by atoms with Gasteiger partial charge in [0.15, 0.2) is 0 Å². The highest BCUT2D eigenvalue weighted by atomic mass is 32.2. The number of carbonyl (C=O) groups is 1. The minimum absolute atomic E-state index is 0.251. The number of halogens is 1. The molecule has 1 atom stereocenters. The summed E-state index contributed by atoms with van der Waals surface area (Å²) in [6.07, 6.45) is 1.91. The lowest BCUT2D eigenvalue weighted by Crippen LogP contribution is -2.49. The second-order valence-electron chi connectivity index (χ2n) is 6.35. The molecule has 0 aromatic heterocycles. The van der Waals surface area contributed by atoms with Gasteiger partial charge < -0.3 is 10.1 Å². The highest BCUT2D eigenvalue weighted by Gasteiger charge is 2.31. The van der Waals surface area contributed by atoms with Gasteiger partial charge in [-0.15, -0.1) is 0 Å². The summed E-state index contributed by atoms with van der Waals surface area (Å²) in [5, 5.41) is 2.79. The first-order chi connectivity index (χ1) is 13.3. The average Bonchev–Trinajstić information content (AvgIpc) is 2.66. The average molecular weight is 408 g/mol. The molecule has 2 aromatic carbocycles. The summed E-state index contributed by atoms with van der Waals surface area (Å²) in [5.74, 6) is -0.123. The van der Waals surface area contributed by atoms with Crippen molar-refractivity contribution in [3.05, 3.63) is 59.9 Å². The Morgan fingerprint density at radius 1 is 1.14 bits per heavy atom. The minimum atomic E-state index is -3.74. The van der Waals surface area contributed by atoms with Crippen LogP contribution < -0.4 is 14.4 Å². The number of hydrogen-bond acceptors (Lipinski definition) is 4. The van der Waals surface area contributed by atoms with Gasteiger partial charge >= 0.3 is 0 Å². The smallest absolute Gasteiger partial charge is 0.243 e. The highest BCUT2D eigenvalue weighted by Crippen LogP contribution is 2.22. The van der Waals surface area contributed by atoms with E-state index in [4.69, 9.17) is 4.74 Å². The van der Waals surface area contributed by atoms with E-state index >= 15 is 0 Å². The van der Waals surface area contributed by atoms with E-state index < -0.39 is 27.8 Å². The van der Waals surface area contributed by atoms with Crippen molar-refractivity contribution in [3.63, 3.8) is 0 Å². The lowest BCUT2D eigenvalue weighted by atomic mass is 10.1. The number of carbonyl (C=O) groups excluding carboxylic acids is 1. The van der Waals surface area contributed by atoms with Crippen molar-refractivity contribution in [2.45, 2.75) is 25.8 Å². The quantitative estimate of drug-likeness (QED) is 0.692. The molecule has 2 aromatic rings. The zero-order chi connectivity index (χ0) is 20.7. The van der Waals surface area contributed by atoms with Gasteiger partial charge in [-0.25, -0.2) is 12.8 Å². The molecular weight excluding hydrogens is 383 g/mol. The number of anilines is 1. The second-order valence-corrected chi connectivity index (χ2v) is 8.21. The molecule has 0 aliphatic heterocycles. The van der Waals surface area contributed by atoms with Crippen LogP contribution in [0.1, 0.15) is 18.9 Å². The summed E-state index contributed by atoms with van der Waals surface area (Å²) in [6, 6.07) is 11.6. The molecule has 0 spiro atoms. The maximum absolute atomic E-state index is 13.2. The van der Waals surface area contributed by atoms with Crippen molar-refractivity contribution in [2.75, 3.05) is 24.2 Å². The molecule has 0 saturated heterocycles. The monoisotopic (exact) mass is 408 g/mol. The summed E-state index contributed by atoms with van der Waals surface area (Å²) in [7, 11) is -2.14. The molecule has 0 aliphatic carbocycles. The van der Waals surface area contributed by atoms with Crippen molar-refractivity contribution in [1.82, 2.24) is 5.32 Å². The fourth-order valence-electron chi connectivity index (χ4n) is 2.89. The number of methoxy groups -OCH3 is 1. The second kappa shape index (κ2) is 9.54. The summed E-state index contributed by atoms with van der Waals surface area (Å²) >= 11 is 0. The zero-order valence-corrected chi connectivity index (χ0v) is 17.0. The largest absolute Gasteiger partial charge is 0.497 e. The molecule has 0 fully saturated rings. The number of rotatable bonds is 9. The van der Waals surface area contributed by atoms with E-state index in [9.17, 15) is 17.6 Å². The molecule has 0 saturated carbocycles. The van der Waals surface area contributed by atoms with Crippen LogP contribution >= 0.6 is 0 Å². The highest BCUT2D eigenvalue weighted by molar-refractivity contribution is 7.92.